The predicted octanol–water partition coefficient (Wildman–Crippen LogP) is 4.21. The number of rotatable bonds is 15. The molecule has 2 N–H and O–H groups in total. The normalized spacial score (nSPS) is 10.9. The Morgan fingerprint density at radius 1 is 1.03 bits per heavy atom. The van der Waals surface area contributed by atoms with Gasteiger partial charge in [0.2, 0.25) is 0 Å². The molecule has 0 unspecified atom stereocenters. The van der Waals surface area contributed by atoms with E-state index in [0.29, 0.717) is 26.2 Å². The van der Waals surface area contributed by atoms with Gasteiger partial charge < -0.3 is 24.8 Å². The number of aryl methyl sites for hydroxylation is 1. The molecular formula is C23H40IN3O4. The first-order valence-electron chi connectivity index (χ1n) is 10.9. The maximum Gasteiger partial charge on any atom is 0.305 e. The molecule has 0 aliphatic carbocycles. The molecule has 178 valence electrons. The molecule has 0 saturated heterocycles. The van der Waals surface area contributed by atoms with Gasteiger partial charge in [-0.25, -0.2) is 4.99 Å². The van der Waals surface area contributed by atoms with E-state index in [1.165, 1.54) is 12.7 Å². The van der Waals surface area contributed by atoms with E-state index in [0.717, 1.165) is 62.5 Å². The molecular weight excluding hydrogens is 509 g/mol. The molecule has 1 aromatic rings. The van der Waals surface area contributed by atoms with Crippen LogP contribution in [0.1, 0.15) is 56.6 Å². The number of hydrogen-bond acceptors (Lipinski definition) is 5. The van der Waals surface area contributed by atoms with Gasteiger partial charge in [-0.05, 0) is 38.3 Å². The van der Waals surface area contributed by atoms with Crippen molar-refractivity contribution in [1.29, 1.82) is 0 Å². The first-order valence-corrected chi connectivity index (χ1v) is 10.9. The van der Waals surface area contributed by atoms with Crippen molar-refractivity contribution in [2.24, 2.45) is 4.99 Å². The molecule has 0 aliphatic rings. The van der Waals surface area contributed by atoms with Crippen LogP contribution < -0.4 is 15.4 Å². The zero-order valence-electron chi connectivity index (χ0n) is 19.5. The van der Waals surface area contributed by atoms with Crippen LogP contribution >= 0.6 is 24.0 Å². The minimum atomic E-state index is -0.132. The molecule has 1 rings (SSSR count). The molecule has 0 aliphatic heterocycles. The van der Waals surface area contributed by atoms with Crippen molar-refractivity contribution in [2.45, 2.75) is 58.9 Å². The molecule has 0 amide bonds. The van der Waals surface area contributed by atoms with Gasteiger partial charge in [0, 0.05) is 45.2 Å². The lowest BCUT2D eigenvalue weighted by atomic mass is 10.1. The Morgan fingerprint density at radius 2 is 1.81 bits per heavy atom. The predicted molar refractivity (Wildman–Crippen MR) is 137 cm³/mol. The fourth-order valence-corrected chi connectivity index (χ4v) is 2.87. The summed E-state index contributed by atoms with van der Waals surface area (Å²) < 4.78 is 15.7. The van der Waals surface area contributed by atoms with Gasteiger partial charge in [-0.1, -0.05) is 25.0 Å². The van der Waals surface area contributed by atoms with Gasteiger partial charge in [0.1, 0.15) is 5.75 Å². The molecule has 31 heavy (non-hydrogen) atoms. The third-order valence-corrected chi connectivity index (χ3v) is 4.55. The number of nitrogens with one attached hydrogen (secondary N) is 2. The van der Waals surface area contributed by atoms with Crippen LogP contribution in [0.3, 0.4) is 0 Å². The number of hydrogen-bond donors (Lipinski definition) is 2. The number of nitrogens with zero attached hydrogens (tertiary/aromatic N) is 1. The number of esters is 1. The van der Waals surface area contributed by atoms with Crippen LogP contribution in [0.5, 0.6) is 5.75 Å². The van der Waals surface area contributed by atoms with Gasteiger partial charge in [-0.15, -0.1) is 24.0 Å². The second-order valence-electron chi connectivity index (χ2n) is 7.17. The fourth-order valence-electron chi connectivity index (χ4n) is 2.87. The lowest BCUT2D eigenvalue weighted by Gasteiger charge is -2.14. The summed E-state index contributed by atoms with van der Waals surface area (Å²) in [7, 11) is 3.13. The molecule has 1 aromatic carbocycles. The summed E-state index contributed by atoms with van der Waals surface area (Å²) in [6, 6.07) is 6.23. The van der Waals surface area contributed by atoms with E-state index in [-0.39, 0.29) is 29.9 Å². The zero-order valence-corrected chi connectivity index (χ0v) is 21.8. The van der Waals surface area contributed by atoms with Crippen LogP contribution in [-0.2, 0) is 20.8 Å². The Kier molecular flexibility index (Phi) is 18.2. The summed E-state index contributed by atoms with van der Waals surface area (Å²) in [5, 5.41) is 6.67. The van der Waals surface area contributed by atoms with Crippen molar-refractivity contribution < 1.29 is 19.0 Å². The first kappa shape index (κ1) is 29.5. The number of guanidine groups is 1. The van der Waals surface area contributed by atoms with E-state index >= 15 is 0 Å². The van der Waals surface area contributed by atoms with Crippen molar-refractivity contribution in [3.05, 3.63) is 29.3 Å². The van der Waals surface area contributed by atoms with Crippen molar-refractivity contribution in [3.8, 4) is 5.75 Å². The van der Waals surface area contributed by atoms with E-state index in [9.17, 15) is 4.79 Å². The number of halogens is 1. The van der Waals surface area contributed by atoms with E-state index in [2.05, 4.69) is 47.4 Å². The molecule has 0 fully saturated rings. The van der Waals surface area contributed by atoms with Crippen molar-refractivity contribution in [3.63, 3.8) is 0 Å². The van der Waals surface area contributed by atoms with Gasteiger partial charge in [-0.3, -0.25) is 4.79 Å². The monoisotopic (exact) mass is 549 g/mol. The fraction of sp³-hybridized carbons (Fsp3) is 0.652. The Hall–Kier alpha value is -1.55. The molecule has 8 heteroatoms. The lowest BCUT2D eigenvalue weighted by molar-refractivity contribution is -0.140. The Bertz CT molecular complexity index is 641. The highest BCUT2D eigenvalue weighted by Gasteiger charge is 2.06. The summed E-state index contributed by atoms with van der Waals surface area (Å²) in [6.45, 7) is 7.64. The van der Waals surface area contributed by atoms with Crippen molar-refractivity contribution in [1.82, 2.24) is 10.6 Å². The third-order valence-electron chi connectivity index (χ3n) is 4.55. The van der Waals surface area contributed by atoms with Crippen LogP contribution in [0.4, 0.5) is 0 Å². The number of ether oxygens (including phenoxy) is 3. The van der Waals surface area contributed by atoms with Crippen LogP contribution in [-0.4, -0.2) is 52.5 Å². The standard InChI is InChI=1S/C23H39N3O4.HI/c1-5-24-23(25-14-9-7-6-8-11-22(27)29-4)26-18-20-13-12-19(2)17-21(20)30-16-10-15-28-3;/h12-13,17H,5-11,14-16,18H2,1-4H3,(H2,24,25,26);1H. The summed E-state index contributed by atoms with van der Waals surface area (Å²) in [5.41, 5.74) is 2.24. The maximum absolute atomic E-state index is 11.1. The molecule has 0 radical (unpaired) electrons. The topological polar surface area (TPSA) is 81.2 Å². The average molecular weight is 549 g/mol. The number of carbonyl (C=O) groups is 1. The largest absolute Gasteiger partial charge is 0.493 e. The molecule has 7 nitrogen and oxygen atoms in total. The van der Waals surface area contributed by atoms with Gasteiger partial charge >= 0.3 is 5.97 Å². The van der Waals surface area contributed by atoms with Crippen LogP contribution in [0.2, 0.25) is 0 Å². The van der Waals surface area contributed by atoms with Crippen LogP contribution in [0.25, 0.3) is 0 Å². The zero-order chi connectivity index (χ0) is 22.0. The second kappa shape index (κ2) is 19.2. The Labute approximate surface area is 204 Å². The van der Waals surface area contributed by atoms with Crippen molar-refractivity contribution in [2.75, 3.05) is 40.5 Å². The summed E-state index contributed by atoms with van der Waals surface area (Å²) >= 11 is 0. The number of benzene rings is 1. The van der Waals surface area contributed by atoms with E-state index in [4.69, 9.17) is 14.5 Å². The molecule has 0 aromatic heterocycles. The highest BCUT2D eigenvalue weighted by Crippen LogP contribution is 2.21. The van der Waals surface area contributed by atoms with E-state index in [1.54, 1.807) is 7.11 Å². The van der Waals surface area contributed by atoms with Crippen LogP contribution in [0.15, 0.2) is 23.2 Å². The van der Waals surface area contributed by atoms with Gasteiger partial charge in [0.05, 0.1) is 20.3 Å². The summed E-state index contributed by atoms with van der Waals surface area (Å²) in [5.74, 6) is 1.56. The number of unbranched alkanes of at least 4 members (excludes halogenated alkanes) is 3. The lowest BCUT2D eigenvalue weighted by Crippen LogP contribution is -2.37. The summed E-state index contributed by atoms with van der Waals surface area (Å²) in [6.07, 6.45) is 5.36. The third kappa shape index (κ3) is 14.2. The molecule has 0 bridgehead atoms. The maximum atomic E-state index is 11.1. The Balaban J connectivity index is 0.00000900. The van der Waals surface area contributed by atoms with E-state index in [1.807, 2.05) is 0 Å². The minimum absolute atomic E-state index is 0. The molecule has 0 saturated carbocycles. The second-order valence-corrected chi connectivity index (χ2v) is 7.17. The first-order chi connectivity index (χ1) is 14.6. The highest BCUT2D eigenvalue weighted by atomic mass is 127. The quantitative estimate of drug-likeness (QED) is 0.112. The SMILES string of the molecule is CCNC(=NCc1ccc(C)cc1OCCCOC)NCCCCCCC(=O)OC.I. The van der Waals surface area contributed by atoms with E-state index < -0.39 is 0 Å². The van der Waals surface area contributed by atoms with Gasteiger partial charge in [-0.2, -0.15) is 0 Å². The Morgan fingerprint density at radius 3 is 2.52 bits per heavy atom. The smallest absolute Gasteiger partial charge is 0.305 e. The average Bonchev–Trinajstić information content (AvgIpc) is 2.74. The van der Waals surface area contributed by atoms with Crippen LogP contribution in [0, 0.1) is 6.92 Å². The highest BCUT2D eigenvalue weighted by molar-refractivity contribution is 14.0. The molecule has 0 spiro atoms. The number of carbonyl (C=O) groups excluding carboxylic acids is 1. The molecule has 0 atom stereocenters. The summed E-state index contributed by atoms with van der Waals surface area (Å²) in [4.78, 5) is 15.8. The number of aliphatic imine (C=N–C) groups is 1. The number of methoxy groups -OCH3 is 2. The van der Waals surface area contributed by atoms with Crippen molar-refractivity contribution >= 4 is 35.9 Å². The molecule has 0 heterocycles. The van der Waals surface area contributed by atoms with Gasteiger partial charge in [0.25, 0.3) is 0 Å². The van der Waals surface area contributed by atoms with Gasteiger partial charge in [0.15, 0.2) is 5.96 Å². The minimum Gasteiger partial charge on any atom is -0.493 e.